The molecular formula is C16H27NO2. The molecule has 108 valence electrons. The Labute approximate surface area is 117 Å². The first-order valence-electron chi connectivity index (χ1n) is 7.33. The summed E-state index contributed by atoms with van der Waals surface area (Å²) in [5, 5.41) is 0. The molecule has 2 N–H and O–H groups in total. The fourth-order valence-corrected chi connectivity index (χ4v) is 1.95. The minimum atomic E-state index is 0.105. The maximum Gasteiger partial charge on any atom is 0.119 e. The maximum atomic E-state index is 5.71. The van der Waals surface area contributed by atoms with Gasteiger partial charge in [0.15, 0.2) is 0 Å². The second-order valence-corrected chi connectivity index (χ2v) is 4.70. The summed E-state index contributed by atoms with van der Waals surface area (Å²) in [6.45, 7) is 6.10. The van der Waals surface area contributed by atoms with Crippen molar-refractivity contribution in [1.29, 1.82) is 0 Å². The van der Waals surface area contributed by atoms with Crippen molar-refractivity contribution in [3.05, 3.63) is 29.8 Å². The molecule has 1 atom stereocenters. The third kappa shape index (κ3) is 6.60. The normalized spacial score (nSPS) is 12.4. The van der Waals surface area contributed by atoms with E-state index in [0.717, 1.165) is 18.6 Å². The topological polar surface area (TPSA) is 44.5 Å². The van der Waals surface area contributed by atoms with E-state index in [1.807, 2.05) is 19.1 Å². The quantitative estimate of drug-likeness (QED) is 0.706. The lowest BCUT2D eigenvalue weighted by Gasteiger charge is -2.15. The van der Waals surface area contributed by atoms with Gasteiger partial charge in [0, 0.05) is 19.6 Å². The lowest BCUT2D eigenvalue weighted by molar-refractivity contribution is 0.0527. The van der Waals surface area contributed by atoms with E-state index in [2.05, 4.69) is 19.1 Å². The van der Waals surface area contributed by atoms with Crippen LogP contribution in [0.1, 0.15) is 38.7 Å². The van der Waals surface area contributed by atoms with Gasteiger partial charge < -0.3 is 15.2 Å². The van der Waals surface area contributed by atoms with Gasteiger partial charge in [-0.1, -0.05) is 25.5 Å². The summed E-state index contributed by atoms with van der Waals surface area (Å²) in [6, 6.07) is 8.38. The van der Waals surface area contributed by atoms with Crippen molar-refractivity contribution >= 4 is 0 Å². The van der Waals surface area contributed by atoms with Crippen LogP contribution in [0.15, 0.2) is 24.3 Å². The zero-order valence-corrected chi connectivity index (χ0v) is 12.2. The molecule has 0 aromatic heterocycles. The van der Waals surface area contributed by atoms with Crippen molar-refractivity contribution < 1.29 is 9.47 Å². The predicted molar refractivity (Wildman–Crippen MR) is 79.6 cm³/mol. The van der Waals surface area contributed by atoms with Gasteiger partial charge in [-0.05, 0) is 37.5 Å². The third-order valence-corrected chi connectivity index (χ3v) is 3.12. The summed E-state index contributed by atoms with van der Waals surface area (Å²) in [4.78, 5) is 0. The van der Waals surface area contributed by atoms with Gasteiger partial charge in [-0.25, -0.2) is 0 Å². The Hall–Kier alpha value is -1.06. The Morgan fingerprint density at radius 1 is 1.16 bits per heavy atom. The molecule has 3 heteroatoms. The van der Waals surface area contributed by atoms with Gasteiger partial charge in [0.2, 0.25) is 0 Å². The van der Waals surface area contributed by atoms with E-state index in [1.165, 1.54) is 18.4 Å². The second kappa shape index (κ2) is 9.82. The zero-order valence-electron chi connectivity index (χ0n) is 12.2. The summed E-state index contributed by atoms with van der Waals surface area (Å²) < 4.78 is 11.2. The maximum absolute atomic E-state index is 5.71. The highest BCUT2D eigenvalue weighted by Gasteiger charge is 2.05. The first-order valence-corrected chi connectivity index (χ1v) is 7.33. The number of benzene rings is 1. The number of hydrogen-bond donors (Lipinski definition) is 1. The van der Waals surface area contributed by atoms with Gasteiger partial charge in [0.05, 0.1) is 12.7 Å². The molecule has 0 spiro atoms. The molecule has 1 aromatic rings. The van der Waals surface area contributed by atoms with Crippen LogP contribution in [0.2, 0.25) is 0 Å². The Morgan fingerprint density at radius 3 is 2.47 bits per heavy atom. The largest absolute Gasteiger partial charge is 0.493 e. The standard InChI is InChI=1S/C16H27NO2/c1-3-5-6-14-7-9-15(10-8-14)19-12-11-16(13-17)18-4-2/h7-10,16H,3-6,11-13,17H2,1-2H3. The number of aryl methyl sites for hydroxylation is 1. The molecule has 0 aliphatic heterocycles. The fourth-order valence-electron chi connectivity index (χ4n) is 1.95. The molecule has 1 aromatic carbocycles. The molecule has 1 unspecified atom stereocenters. The molecule has 19 heavy (non-hydrogen) atoms. The van der Waals surface area contributed by atoms with E-state index < -0.39 is 0 Å². The first kappa shape index (κ1) is 16.0. The van der Waals surface area contributed by atoms with Gasteiger partial charge in [-0.2, -0.15) is 0 Å². The SMILES string of the molecule is CCCCc1ccc(OCCC(CN)OCC)cc1. The predicted octanol–water partition coefficient (Wildman–Crippen LogP) is 3.16. The van der Waals surface area contributed by atoms with Crippen LogP contribution in [0.25, 0.3) is 0 Å². The van der Waals surface area contributed by atoms with Crippen molar-refractivity contribution in [2.45, 2.75) is 45.6 Å². The average Bonchev–Trinajstić information content (AvgIpc) is 2.45. The fraction of sp³-hybridized carbons (Fsp3) is 0.625. The van der Waals surface area contributed by atoms with E-state index in [0.29, 0.717) is 19.8 Å². The number of unbranched alkanes of at least 4 members (excludes halogenated alkanes) is 1. The van der Waals surface area contributed by atoms with Crippen LogP contribution < -0.4 is 10.5 Å². The van der Waals surface area contributed by atoms with E-state index in [4.69, 9.17) is 15.2 Å². The van der Waals surface area contributed by atoms with Crippen molar-refractivity contribution in [3.63, 3.8) is 0 Å². The monoisotopic (exact) mass is 265 g/mol. The van der Waals surface area contributed by atoms with Crippen molar-refractivity contribution in [1.82, 2.24) is 0 Å². The van der Waals surface area contributed by atoms with Gasteiger partial charge in [-0.3, -0.25) is 0 Å². The van der Waals surface area contributed by atoms with Gasteiger partial charge >= 0.3 is 0 Å². The molecule has 3 nitrogen and oxygen atoms in total. The summed E-state index contributed by atoms with van der Waals surface area (Å²) in [5.74, 6) is 0.924. The molecule has 1 rings (SSSR count). The first-order chi connectivity index (χ1) is 9.30. The number of rotatable bonds is 10. The van der Waals surface area contributed by atoms with E-state index >= 15 is 0 Å². The molecule has 0 saturated carbocycles. The minimum Gasteiger partial charge on any atom is -0.493 e. The number of ether oxygens (including phenoxy) is 2. The van der Waals surface area contributed by atoms with Crippen LogP contribution in [0.4, 0.5) is 0 Å². The smallest absolute Gasteiger partial charge is 0.119 e. The molecule has 0 aliphatic carbocycles. The van der Waals surface area contributed by atoms with Crippen LogP contribution in [-0.4, -0.2) is 25.9 Å². The molecule has 0 saturated heterocycles. The van der Waals surface area contributed by atoms with Gasteiger partial charge in [0.1, 0.15) is 5.75 Å². The van der Waals surface area contributed by atoms with Crippen molar-refractivity contribution in [2.24, 2.45) is 5.73 Å². The molecule has 0 radical (unpaired) electrons. The third-order valence-electron chi connectivity index (χ3n) is 3.12. The zero-order chi connectivity index (χ0) is 13.9. The second-order valence-electron chi connectivity index (χ2n) is 4.70. The van der Waals surface area contributed by atoms with Crippen LogP contribution in [0.5, 0.6) is 5.75 Å². The average molecular weight is 265 g/mol. The lowest BCUT2D eigenvalue weighted by atomic mass is 10.1. The molecule has 0 fully saturated rings. The van der Waals surface area contributed by atoms with Gasteiger partial charge in [0.25, 0.3) is 0 Å². The van der Waals surface area contributed by atoms with E-state index in [9.17, 15) is 0 Å². The van der Waals surface area contributed by atoms with Crippen LogP contribution >= 0.6 is 0 Å². The Bertz CT molecular complexity index is 324. The lowest BCUT2D eigenvalue weighted by Crippen LogP contribution is -2.25. The van der Waals surface area contributed by atoms with Crippen LogP contribution in [0.3, 0.4) is 0 Å². The molecule has 0 amide bonds. The van der Waals surface area contributed by atoms with Crippen molar-refractivity contribution in [2.75, 3.05) is 19.8 Å². The van der Waals surface area contributed by atoms with Crippen molar-refractivity contribution in [3.8, 4) is 5.75 Å². The minimum absolute atomic E-state index is 0.105. The highest BCUT2D eigenvalue weighted by Crippen LogP contribution is 2.14. The Morgan fingerprint density at radius 2 is 1.89 bits per heavy atom. The highest BCUT2D eigenvalue weighted by atomic mass is 16.5. The van der Waals surface area contributed by atoms with E-state index in [1.54, 1.807) is 0 Å². The summed E-state index contributed by atoms with van der Waals surface area (Å²) in [7, 11) is 0. The summed E-state index contributed by atoms with van der Waals surface area (Å²) in [5.41, 5.74) is 7.00. The number of hydrogen-bond acceptors (Lipinski definition) is 3. The summed E-state index contributed by atoms with van der Waals surface area (Å²) >= 11 is 0. The molecular weight excluding hydrogens is 238 g/mol. The van der Waals surface area contributed by atoms with Crippen LogP contribution in [0, 0.1) is 0 Å². The highest BCUT2D eigenvalue weighted by molar-refractivity contribution is 5.27. The molecule has 0 aliphatic rings. The summed E-state index contributed by atoms with van der Waals surface area (Å²) in [6.07, 6.45) is 4.56. The van der Waals surface area contributed by atoms with E-state index in [-0.39, 0.29) is 6.10 Å². The van der Waals surface area contributed by atoms with Crippen LogP contribution in [-0.2, 0) is 11.2 Å². The Balaban J connectivity index is 2.29. The molecule has 0 heterocycles. The Kier molecular flexibility index (Phi) is 8.26. The van der Waals surface area contributed by atoms with Gasteiger partial charge in [-0.15, -0.1) is 0 Å². The molecule has 0 bridgehead atoms. The number of nitrogens with two attached hydrogens (primary N) is 1.